The number of carboxylic acid groups (broad SMARTS) is 1. The molecule has 0 aromatic rings. The number of methoxy groups -OCH3 is 2. The summed E-state index contributed by atoms with van der Waals surface area (Å²) >= 11 is 0. The van der Waals surface area contributed by atoms with Gasteiger partial charge in [-0.2, -0.15) is 0 Å². The van der Waals surface area contributed by atoms with Gasteiger partial charge in [0, 0.05) is 11.8 Å². The van der Waals surface area contributed by atoms with Gasteiger partial charge in [-0.05, 0) is 0 Å². The number of hydrogen-bond acceptors (Lipinski definition) is 6. The van der Waals surface area contributed by atoms with E-state index in [1.807, 2.05) is 0 Å². The van der Waals surface area contributed by atoms with Crippen molar-refractivity contribution in [3.63, 3.8) is 0 Å². The predicted molar refractivity (Wildman–Crippen MR) is 71.1 cm³/mol. The summed E-state index contributed by atoms with van der Waals surface area (Å²) in [5.74, 6) is -6.59. The molecule has 0 fully saturated rings. The van der Waals surface area contributed by atoms with E-state index in [4.69, 9.17) is 0 Å². The highest BCUT2D eigenvalue weighted by Crippen LogP contribution is 2.20. The Labute approximate surface area is 122 Å². The maximum Gasteiger partial charge on any atom is 0.326 e. The van der Waals surface area contributed by atoms with Gasteiger partial charge >= 0.3 is 17.9 Å². The van der Waals surface area contributed by atoms with Crippen LogP contribution in [0, 0.1) is 17.8 Å². The van der Waals surface area contributed by atoms with Crippen molar-refractivity contribution in [2.24, 2.45) is 17.8 Å². The summed E-state index contributed by atoms with van der Waals surface area (Å²) in [4.78, 5) is 46.3. The number of aliphatic carboxylic acids is 1. The largest absolute Gasteiger partial charge is 0.480 e. The van der Waals surface area contributed by atoms with Crippen molar-refractivity contribution in [1.82, 2.24) is 5.32 Å². The molecule has 0 radical (unpaired) electrons. The molecule has 0 aliphatic rings. The van der Waals surface area contributed by atoms with Gasteiger partial charge in [-0.3, -0.25) is 14.4 Å². The fourth-order valence-electron chi connectivity index (χ4n) is 1.71. The standard InChI is InChI=1S/C13H21NO7/c1-6(2)10(15)14-9(11(16)17)7(3)8(12(18)20-4)13(19)21-5/h6-9H,1-5H3,(H,14,15)(H,16,17)/t7-,9-/m1/s1. The molecular weight excluding hydrogens is 282 g/mol. The highest BCUT2D eigenvalue weighted by atomic mass is 16.5. The van der Waals surface area contributed by atoms with E-state index in [0.29, 0.717) is 0 Å². The van der Waals surface area contributed by atoms with Crippen LogP contribution in [-0.4, -0.2) is 49.2 Å². The minimum Gasteiger partial charge on any atom is -0.480 e. The molecule has 2 N–H and O–H groups in total. The fourth-order valence-corrected chi connectivity index (χ4v) is 1.71. The van der Waals surface area contributed by atoms with Gasteiger partial charge in [0.15, 0.2) is 5.92 Å². The van der Waals surface area contributed by atoms with Crippen molar-refractivity contribution in [1.29, 1.82) is 0 Å². The zero-order chi connectivity index (χ0) is 16.7. The number of ether oxygens (including phenoxy) is 2. The third-order valence-electron chi connectivity index (χ3n) is 3.05. The quantitative estimate of drug-likeness (QED) is 0.494. The Morgan fingerprint density at radius 1 is 0.952 bits per heavy atom. The number of carboxylic acids is 1. The predicted octanol–water partition coefficient (Wildman–Crippen LogP) is -0.190. The normalized spacial score (nSPS) is 13.5. The molecule has 0 unspecified atom stereocenters. The smallest absolute Gasteiger partial charge is 0.326 e. The molecule has 0 aromatic carbocycles. The average Bonchev–Trinajstić information content (AvgIpc) is 2.43. The molecular formula is C13H21NO7. The Bertz CT molecular complexity index is 403. The van der Waals surface area contributed by atoms with Gasteiger partial charge in [0.1, 0.15) is 6.04 Å². The topological polar surface area (TPSA) is 119 Å². The summed E-state index contributed by atoms with van der Waals surface area (Å²) in [6, 6.07) is -1.41. The van der Waals surface area contributed by atoms with Crippen LogP contribution >= 0.6 is 0 Å². The Kier molecular flexibility index (Phi) is 7.40. The lowest BCUT2D eigenvalue weighted by Gasteiger charge is -2.26. The van der Waals surface area contributed by atoms with E-state index < -0.39 is 47.6 Å². The number of nitrogens with one attached hydrogen (secondary N) is 1. The first-order valence-corrected chi connectivity index (χ1v) is 6.36. The molecule has 0 heterocycles. The maximum absolute atomic E-state index is 11.7. The molecule has 1 amide bonds. The Morgan fingerprint density at radius 2 is 1.38 bits per heavy atom. The van der Waals surface area contributed by atoms with E-state index >= 15 is 0 Å². The number of esters is 2. The monoisotopic (exact) mass is 303 g/mol. The van der Waals surface area contributed by atoms with Crippen molar-refractivity contribution in [3.8, 4) is 0 Å². The third kappa shape index (κ3) is 5.05. The van der Waals surface area contributed by atoms with Crippen LogP contribution in [0.4, 0.5) is 0 Å². The molecule has 0 aromatic heterocycles. The first-order chi connectivity index (χ1) is 9.67. The van der Waals surface area contributed by atoms with Gasteiger partial charge in [-0.1, -0.05) is 20.8 Å². The van der Waals surface area contributed by atoms with Crippen LogP contribution in [0.1, 0.15) is 20.8 Å². The summed E-state index contributed by atoms with van der Waals surface area (Å²) in [6.07, 6.45) is 0. The zero-order valence-corrected chi connectivity index (χ0v) is 12.7. The van der Waals surface area contributed by atoms with E-state index in [-0.39, 0.29) is 0 Å². The van der Waals surface area contributed by atoms with E-state index in [1.165, 1.54) is 6.92 Å². The van der Waals surface area contributed by atoms with Gasteiger partial charge in [0.25, 0.3) is 0 Å². The van der Waals surface area contributed by atoms with Crippen LogP contribution in [0.2, 0.25) is 0 Å². The second kappa shape index (κ2) is 8.23. The minimum absolute atomic E-state index is 0.436. The maximum atomic E-state index is 11.7. The molecule has 0 bridgehead atoms. The van der Waals surface area contributed by atoms with Crippen molar-refractivity contribution >= 4 is 23.8 Å². The van der Waals surface area contributed by atoms with Crippen LogP contribution in [-0.2, 0) is 28.7 Å². The molecule has 2 atom stereocenters. The number of hydrogen-bond donors (Lipinski definition) is 2. The lowest BCUT2D eigenvalue weighted by atomic mass is 9.87. The molecule has 0 aliphatic heterocycles. The van der Waals surface area contributed by atoms with E-state index in [9.17, 15) is 24.3 Å². The first kappa shape index (κ1) is 18.9. The van der Waals surface area contributed by atoms with Crippen LogP contribution in [0.25, 0.3) is 0 Å². The van der Waals surface area contributed by atoms with Crippen molar-refractivity contribution < 1.29 is 33.8 Å². The second-order valence-electron chi connectivity index (χ2n) is 4.86. The third-order valence-corrected chi connectivity index (χ3v) is 3.05. The van der Waals surface area contributed by atoms with Gasteiger partial charge in [0.2, 0.25) is 5.91 Å². The van der Waals surface area contributed by atoms with Gasteiger partial charge in [0.05, 0.1) is 14.2 Å². The molecule has 8 nitrogen and oxygen atoms in total. The van der Waals surface area contributed by atoms with Gasteiger partial charge < -0.3 is 19.9 Å². The number of carbonyl (C=O) groups is 4. The van der Waals surface area contributed by atoms with E-state index in [0.717, 1.165) is 14.2 Å². The molecule has 0 spiro atoms. The minimum atomic E-state index is -1.44. The number of carbonyl (C=O) groups excluding carboxylic acids is 3. The van der Waals surface area contributed by atoms with E-state index in [2.05, 4.69) is 14.8 Å². The molecule has 0 saturated heterocycles. The van der Waals surface area contributed by atoms with Crippen molar-refractivity contribution in [3.05, 3.63) is 0 Å². The SMILES string of the molecule is COC(=O)C(C(=O)OC)[C@@H](C)[C@@H](NC(=O)C(C)C)C(=O)O. The lowest BCUT2D eigenvalue weighted by Crippen LogP contribution is -2.51. The van der Waals surface area contributed by atoms with Crippen LogP contribution in [0.5, 0.6) is 0 Å². The van der Waals surface area contributed by atoms with Crippen LogP contribution in [0.15, 0.2) is 0 Å². The number of rotatable bonds is 7. The molecule has 0 saturated carbocycles. The summed E-state index contributed by atoms with van der Waals surface area (Å²) in [6.45, 7) is 4.55. The van der Waals surface area contributed by atoms with Crippen molar-refractivity contribution in [2.45, 2.75) is 26.8 Å². The van der Waals surface area contributed by atoms with Crippen LogP contribution in [0.3, 0.4) is 0 Å². The highest BCUT2D eigenvalue weighted by molar-refractivity contribution is 5.96. The number of amides is 1. The Morgan fingerprint density at radius 3 is 1.67 bits per heavy atom. The summed E-state index contributed by atoms with van der Waals surface area (Å²) in [7, 11) is 2.15. The fraction of sp³-hybridized carbons (Fsp3) is 0.692. The summed E-state index contributed by atoms with van der Waals surface area (Å²) in [5, 5.41) is 11.5. The van der Waals surface area contributed by atoms with Crippen molar-refractivity contribution in [2.75, 3.05) is 14.2 Å². The highest BCUT2D eigenvalue weighted by Gasteiger charge is 2.42. The summed E-state index contributed by atoms with van der Waals surface area (Å²) < 4.78 is 8.99. The van der Waals surface area contributed by atoms with Gasteiger partial charge in [-0.25, -0.2) is 4.79 Å². The Hall–Kier alpha value is -2.12. The average molecular weight is 303 g/mol. The second-order valence-corrected chi connectivity index (χ2v) is 4.86. The molecule has 0 rings (SSSR count). The molecule has 21 heavy (non-hydrogen) atoms. The van der Waals surface area contributed by atoms with E-state index in [1.54, 1.807) is 13.8 Å². The first-order valence-electron chi connectivity index (χ1n) is 6.36. The lowest BCUT2D eigenvalue weighted by molar-refractivity contribution is -0.163. The Balaban J connectivity index is 5.36. The zero-order valence-electron chi connectivity index (χ0n) is 12.7. The molecule has 120 valence electrons. The van der Waals surface area contributed by atoms with Gasteiger partial charge in [-0.15, -0.1) is 0 Å². The molecule has 8 heteroatoms. The molecule has 0 aliphatic carbocycles. The van der Waals surface area contributed by atoms with Crippen LogP contribution < -0.4 is 5.32 Å². The summed E-state index contributed by atoms with van der Waals surface area (Å²) in [5.41, 5.74) is 0.